The molecular weight excluding hydrogens is 228 g/mol. The van der Waals surface area contributed by atoms with Gasteiger partial charge in [-0.1, -0.05) is 6.07 Å². The summed E-state index contributed by atoms with van der Waals surface area (Å²) in [6, 6.07) is 6.06. The average molecular weight is 246 g/mol. The maximum Gasteiger partial charge on any atom is 0.220 e. The topological polar surface area (TPSA) is 55.1 Å². The van der Waals surface area contributed by atoms with Crippen molar-refractivity contribution in [3.8, 4) is 0 Å². The maximum absolute atomic E-state index is 11.5. The van der Waals surface area contributed by atoms with Gasteiger partial charge in [-0.15, -0.1) is 0 Å². The molecule has 0 spiro atoms. The zero-order valence-electron chi connectivity index (χ0n) is 11.0. The zero-order chi connectivity index (χ0) is 13.1. The SMILES string of the molecule is Cc1nc2cc(CCC(=O)NC(C)C)ccc2o1. The molecule has 0 saturated carbocycles. The molecule has 0 fully saturated rings. The Hall–Kier alpha value is -1.84. The van der Waals surface area contributed by atoms with Crippen molar-refractivity contribution in [2.45, 2.75) is 39.7 Å². The Morgan fingerprint density at radius 3 is 2.94 bits per heavy atom. The highest BCUT2D eigenvalue weighted by Gasteiger charge is 2.06. The van der Waals surface area contributed by atoms with Crippen molar-refractivity contribution in [1.29, 1.82) is 0 Å². The third-order valence-electron chi connectivity index (χ3n) is 2.65. The van der Waals surface area contributed by atoms with Crippen LogP contribution in [0.4, 0.5) is 0 Å². The van der Waals surface area contributed by atoms with E-state index in [4.69, 9.17) is 4.42 Å². The van der Waals surface area contributed by atoms with Crippen molar-refractivity contribution in [1.82, 2.24) is 10.3 Å². The van der Waals surface area contributed by atoms with Gasteiger partial charge in [0.05, 0.1) is 0 Å². The monoisotopic (exact) mass is 246 g/mol. The van der Waals surface area contributed by atoms with Crippen molar-refractivity contribution in [3.63, 3.8) is 0 Å². The molecule has 0 atom stereocenters. The molecule has 4 nitrogen and oxygen atoms in total. The molecule has 0 bridgehead atoms. The van der Waals surface area contributed by atoms with Crippen molar-refractivity contribution in [3.05, 3.63) is 29.7 Å². The van der Waals surface area contributed by atoms with Crippen molar-refractivity contribution in [2.75, 3.05) is 0 Å². The minimum Gasteiger partial charge on any atom is -0.441 e. The van der Waals surface area contributed by atoms with Gasteiger partial charge in [-0.2, -0.15) is 0 Å². The van der Waals surface area contributed by atoms with E-state index in [1.165, 1.54) is 0 Å². The number of hydrogen-bond acceptors (Lipinski definition) is 3. The fourth-order valence-electron chi connectivity index (χ4n) is 1.90. The molecule has 1 aromatic carbocycles. The third-order valence-corrected chi connectivity index (χ3v) is 2.65. The molecule has 0 unspecified atom stereocenters. The molecule has 4 heteroatoms. The quantitative estimate of drug-likeness (QED) is 0.902. The summed E-state index contributed by atoms with van der Waals surface area (Å²) < 4.78 is 5.41. The van der Waals surface area contributed by atoms with Crippen LogP contribution in [0, 0.1) is 6.92 Å². The van der Waals surface area contributed by atoms with Crippen LogP contribution in [0.15, 0.2) is 22.6 Å². The number of rotatable bonds is 4. The molecule has 1 N–H and O–H groups in total. The third kappa shape index (κ3) is 3.09. The maximum atomic E-state index is 11.5. The number of carbonyl (C=O) groups is 1. The summed E-state index contributed by atoms with van der Waals surface area (Å²) in [5.41, 5.74) is 2.76. The summed E-state index contributed by atoms with van der Waals surface area (Å²) in [6.45, 7) is 5.75. The first-order chi connectivity index (χ1) is 8.54. The lowest BCUT2D eigenvalue weighted by Crippen LogP contribution is -2.30. The Balaban J connectivity index is 2.01. The summed E-state index contributed by atoms with van der Waals surface area (Å²) in [6.07, 6.45) is 1.22. The summed E-state index contributed by atoms with van der Waals surface area (Å²) in [5.74, 6) is 0.751. The van der Waals surface area contributed by atoms with E-state index in [0.717, 1.165) is 23.1 Å². The van der Waals surface area contributed by atoms with E-state index >= 15 is 0 Å². The van der Waals surface area contributed by atoms with Crippen LogP contribution in [0.1, 0.15) is 31.7 Å². The molecule has 0 aliphatic heterocycles. The Labute approximate surface area is 106 Å². The molecule has 18 heavy (non-hydrogen) atoms. The number of carbonyl (C=O) groups excluding carboxylic acids is 1. The minimum absolute atomic E-state index is 0.0847. The fourth-order valence-corrected chi connectivity index (χ4v) is 1.90. The lowest BCUT2D eigenvalue weighted by molar-refractivity contribution is -0.121. The van der Waals surface area contributed by atoms with Gasteiger partial charge < -0.3 is 9.73 Å². The highest BCUT2D eigenvalue weighted by molar-refractivity contribution is 5.77. The molecule has 2 rings (SSSR count). The molecule has 1 aromatic heterocycles. The molecule has 0 radical (unpaired) electrons. The van der Waals surface area contributed by atoms with Gasteiger partial charge in [0, 0.05) is 19.4 Å². The van der Waals surface area contributed by atoms with Gasteiger partial charge in [0.25, 0.3) is 0 Å². The molecule has 0 aliphatic rings. The van der Waals surface area contributed by atoms with Crippen molar-refractivity contribution < 1.29 is 9.21 Å². The first-order valence-corrected chi connectivity index (χ1v) is 6.20. The van der Waals surface area contributed by atoms with Crippen LogP contribution in [0.5, 0.6) is 0 Å². The molecule has 96 valence electrons. The smallest absolute Gasteiger partial charge is 0.220 e. The van der Waals surface area contributed by atoms with Crippen LogP contribution in [-0.2, 0) is 11.2 Å². The summed E-state index contributed by atoms with van der Waals surface area (Å²) in [7, 11) is 0. The largest absolute Gasteiger partial charge is 0.441 e. The number of hydrogen-bond donors (Lipinski definition) is 1. The average Bonchev–Trinajstić information content (AvgIpc) is 2.64. The Bertz CT molecular complexity index is 558. The number of nitrogens with zero attached hydrogens (tertiary/aromatic N) is 1. The van der Waals surface area contributed by atoms with E-state index in [1.807, 2.05) is 39.0 Å². The highest BCUT2D eigenvalue weighted by atomic mass is 16.3. The standard InChI is InChI=1S/C14H18N2O2/c1-9(2)15-14(17)7-5-11-4-6-13-12(8-11)16-10(3)18-13/h4,6,8-9H,5,7H2,1-3H3,(H,15,17). The zero-order valence-corrected chi connectivity index (χ0v) is 11.0. The number of aryl methyl sites for hydroxylation is 2. The van der Waals surface area contributed by atoms with Crippen molar-refractivity contribution in [2.24, 2.45) is 0 Å². The predicted octanol–water partition coefficient (Wildman–Crippen LogP) is 2.59. The Morgan fingerprint density at radius 2 is 2.22 bits per heavy atom. The van der Waals surface area contributed by atoms with Crippen molar-refractivity contribution >= 4 is 17.0 Å². The Morgan fingerprint density at radius 1 is 1.44 bits per heavy atom. The van der Waals surface area contributed by atoms with Crippen LogP contribution < -0.4 is 5.32 Å². The first-order valence-electron chi connectivity index (χ1n) is 6.20. The van der Waals surface area contributed by atoms with Gasteiger partial charge >= 0.3 is 0 Å². The molecule has 2 aromatic rings. The van der Waals surface area contributed by atoms with Gasteiger partial charge in [0.2, 0.25) is 5.91 Å². The first kappa shape index (κ1) is 12.6. The second-order valence-corrected chi connectivity index (χ2v) is 4.76. The number of oxazole rings is 1. The second kappa shape index (κ2) is 5.21. The number of nitrogens with one attached hydrogen (secondary N) is 1. The minimum atomic E-state index is 0.0847. The normalized spacial score (nSPS) is 11.1. The van der Waals surface area contributed by atoms with Gasteiger partial charge in [0.15, 0.2) is 11.5 Å². The van der Waals surface area contributed by atoms with Crippen LogP contribution in [0.3, 0.4) is 0 Å². The van der Waals surface area contributed by atoms with Crippen LogP contribution in [0.2, 0.25) is 0 Å². The molecule has 0 saturated heterocycles. The van der Waals surface area contributed by atoms with Gasteiger partial charge in [-0.25, -0.2) is 4.98 Å². The van der Waals surface area contributed by atoms with E-state index in [0.29, 0.717) is 12.3 Å². The summed E-state index contributed by atoms with van der Waals surface area (Å²) in [5, 5.41) is 2.88. The summed E-state index contributed by atoms with van der Waals surface area (Å²) >= 11 is 0. The number of aromatic nitrogens is 1. The predicted molar refractivity (Wildman–Crippen MR) is 70.3 cm³/mol. The molecular formula is C14H18N2O2. The van der Waals surface area contributed by atoms with E-state index < -0.39 is 0 Å². The number of benzene rings is 1. The fraction of sp³-hybridized carbons (Fsp3) is 0.429. The van der Waals surface area contributed by atoms with E-state index in [9.17, 15) is 4.79 Å². The van der Waals surface area contributed by atoms with Crippen LogP contribution in [-0.4, -0.2) is 16.9 Å². The lowest BCUT2D eigenvalue weighted by Gasteiger charge is -2.07. The lowest BCUT2D eigenvalue weighted by atomic mass is 10.1. The highest BCUT2D eigenvalue weighted by Crippen LogP contribution is 2.17. The van der Waals surface area contributed by atoms with Crippen LogP contribution in [0.25, 0.3) is 11.1 Å². The number of fused-ring (bicyclic) bond motifs is 1. The second-order valence-electron chi connectivity index (χ2n) is 4.76. The number of amides is 1. The van der Waals surface area contributed by atoms with Gasteiger partial charge in [-0.3, -0.25) is 4.79 Å². The van der Waals surface area contributed by atoms with Gasteiger partial charge in [0.1, 0.15) is 5.52 Å². The summed E-state index contributed by atoms with van der Waals surface area (Å²) in [4.78, 5) is 15.8. The Kier molecular flexibility index (Phi) is 3.65. The van der Waals surface area contributed by atoms with E-state index in [1.54, 1.807) is 0 Å². The van der Waals surface area contributed by atoms with E-state index in [-0.39, 0.29) is 11.9 Å². The van der Waals surface area contributed by atoms with E-state index in [2.05, 4.69) is 10.3 Å². The molecule has 0 aliphatic carbocycles. The molecule has 1 amide bonds. The van der Waals surface area contributed by atoms with Crippen LogP contribution >= 0.6 is 0 Å². The van der Waals surface area contributed by atoms with Gasteiger partial charge in [-0.05, 0) is 38.0 Å². The molecule has 1 heterocycles.